The molecular formula is C22H35N2Y-. The standard InChI is InChI=1S/C15H14N2.3C2H6.CH3.Y/c1-2-13-15(12-8-4-3-5-9-12)16-14-10-6-7-11-17(13)14;3*1-2;;/h3-11H,2H2,1H3;3*1-2H3;1H3;/q;;;;-1;. The summed E-state index contributed by atoms with van der Waals surface area (Å²) >= 11 is 0. The molecule has 3 aromatic rings. The van der Waals surface area contributed by atoms with Crippen molar-refractivity contribution in [3.8, 4) is 11.3 Å². The molecule has 0 bridgehead atoms. The van der Waals surface area contributed by atoms with Crippen LogP contribution in [0.15, 0.2) is 54.7 Å². The molecule has 0 aliphatic carbocycles. The number of nitrogens with zero attached hydrogens (tertiary/aromatic N) is 2. The van der Waals surface area contributed by atoms with E-state index in [0.717, 1.165) is 17.8 Å². The maximum absolute atomic E-state index is 4.72. The molecule has 0 atom stereocenters. The molecule has 0 fully saturated rings. The van der Waals surface area contributed by atoms with Crippen LogP contribution in [0, 0.1) is 7.43 Å². The maximum atomic E-state index is 4.72. The number of benzene rings is 1. The van der Waals surface area contributed by atoms with Gasteiger partial charge in [0.1, 0.15) is 5.65 Å². The molecule has 0 aliphatic rings. The predicted octanol–water partition coefficient (Wildman–Crippen LogP) is 7.09. The van der Waals surface area contributed by atoms with Gasteiger partial charge in [0.25, 0.3) is 0 Å². The van der Waals surface area contributed by atoms with Gasteiger partial charge in [0.15, 0.2) is 0 Å². The molecule has 3 heteroatoms. The third kappa shape index (κ3) is 7.84. The second-order valence-corrected chi connectivity index (χ2v) is 4.06. The van der Waals surface area contributed by atoms with E-state index < -0.39 is 0 Å². The van der Waals surface area contributed by atoms with Gasteiger partial charge < -0.3 is 11.8 Å². The van der Waals surface area contributed by atoms with Crippen molar-refractivity contribution in [1.82, 2.24) is 9.38 Å². The fourth-order valence-corrected chi connectivity index (χ4v) is 2.21. The van der Waals surface area contributed by atoms with Crippen LogP contribution < -0.4 is 0 Å². The van der Waals surface area contributed by atoms with Gasteiger partial charge in [-0.2, -0.15) is 0 Å². The van der Waals surface area contributed by atoms with Gasteiger partial charge in [-0.05, 0) is 18.6 Å². The zero-order chi connectivity index (χ0) is 17.7. The van der Waals surface area contributed by atoms with Crippen molar-refractivity contribution in [2.24, 2.45) is 0 Å². The summed E-state index contributed by atoms with van der Waals surface area (Å²) < 4.78 is 2.17. The molecule has 0 N–H and O–H groups in total. The van der Waals surface area contributed by atoms with E-state index in [1.807, 2.05) is 65.8 Å². The number of aromatic nitrogens is 2. The summed E-state index contributed by atoms with van der Waals surface area (Å²) in [7, 11) is 0. The van der Waals surface area contributed by atoms with Gasteiger partial charge >= 0.3 is 0 Å². The van der Waals surface area contributed by atoms with Crippen molar-refractivity contribution in [2.75, 3.05) is 0 Å². The van der Waals surface area contributed by atoms with Crippen LogP contribution in [-0.4, -0.2) is 9.38 Å². The Hall–Kier alpha value is -0.986. The average Bonchev–Trinajstić information content (AvgIpc) is 3.06. The van der Waals surface area contributed by atoms with Crippen LogP contribution in [-0.2, 0) is 39.1 Å². The molecule has 2 heterocycles. The quantitative estimate of drug-likeness (QED) is 0.408. The van der Waals surface area contributed by atoms with Crippen LogP contribution in [0.25, 0.3) is 16.9 Å². The number of fused-ring (bicyclic) bond motifs is 1. The van der Waals surface area contributed by atoms with E-state index in [2.05, 4.69) is 41.8 Å². The SMILES string of the molecule is CC.CC.CC.CCc1c(-c2ccccc2)nc2ccccn12.[CH3-].[Y]. The van der Waals surface area contributed by atoms with E-state index >= 15 is 0 Å². The Kier molecular flexibility index (Phi) is 20.5. The van der Waals surface area contributed by atoms with E-state index in [1.165, 1.54) is 11.3 Å². The summed E-state index contributed by atoms with van der Waals surface area (Å²) in [5.41, 5.74) is 4.57. The van der Waals surface area contributed by atoms with E-state index in [-0.39, 0.29) is 40.1 Å². The number of hydrogen-bond donors (Lipinski definition) is 0. The number of pyridine rings is 1. The van der Waals surface area contributed by atoms with Gasteiger partial charge in [-0.25, -0.2) is 4.98 Å². The zero-order valence-electron chi connectivity index (χ0n) is 17.4. The van der Waals surface area contributed by atoms with Gasteiger partial charge in [0, 0.05) is 44.5 Å². The molecule has 0 unspecified atom stereocenters. The summed E-state index contributed by atoms with van der Waals surface area (Å²) in [6, 6.07) is 16.5. The van der Waals surface area contributed by atoms with Crippen molar-refractivity contribution in [3.63, 3.8) is 0 Å². The van der Waals surface area contributed by atoms with Gasteiger partial charge in [-0.3, -0.25) is 0 Å². The molecular weight excluding hydrogens is 381 g/mol. The van der Waals surface area contributed by atoms with Crippen LogP contribution in [0.2, 0.25) is 0 Å². The molecule has 0 saturated carbocycles. The zero-order valence-corrected chi connectivity index (χ0v) is 20.2. The summed E-state index contributed by atoms with van der Waals surface area (Å²) in [6.07, 6.45) is 3.06. The predicted molar refractivity (Wildman–Crippen MR) is 110 cm³/mol. The minimum absolute atomic E-state index is 0. The first-order valence-electron chi connectivity index (χ1n) is 8.91. The van der Waals surface area contributed by atoms with Gasteiger partial charge in [-0.15, -0.1) is 0 Å². The third-order valence-corrected chi connectivity index (χ3v) is 3.01. The van der Waals surface area contributed by atoms with Crippen LogP contribution in [0.3, 0.4) is 0 Å². The average molecular weight is 416 g/mol. The molecule has 2 nitrogen and oxygen atoms in total. The topological polar surface area (TPSA) is 17.3 Å². The van der Waals surface area contributed by atoms with Crippen molar-refractivity contribution < 1.29 is 32.7 Å². The van der Waals surface area contributed by atoms with Crippen molar-refractivity contribution >= 4 is 5.65 Å². The van der Waals surface area contributed by atoms with E-state index in [9.17, 15) is 0 Å². The Morgan fingerprint density at radius 3 is 1.84 bits per heavy atom. The normalized spacial score (nSPS) is 8.12. The molecule has 137 valence electrons. The van der Waals surface area contributed by atoms with E-state index in [1.54, 1.807) is 0 Å². The molecule has 0 spiro atoms. The van der Waals surface area contributed by atoms with E-state index in [0.29, 0.717) is 0 Å². The van der Waals surface area contributed by atoms with Crippen LogP contribution in [0.5, 0.6) is 0 Å². The molecule has 0 amide bonds. The molecule has 0 saturated heterocycles. The number of hydrogen-bond acceptors (Lipinski definition) is 1. The second-order valence-electron chi connectivity index (χ2n) is 4.06. The molecule has 1 aromatic carbocycles. The van der Waals surface area contributed by atoms with Gasteiger partial charge in [0.2, 0.25) is 0 Å². The van der Waals surface area contributed by atoms with Crippen molar-refractivity contribution in [1.29, 1.82) is 0 Å². The molecule has 3 rings (SSSR count). The third-order valence-electron chi connectivity index (χ3n) is 3.01. The summed E-state index contributed by atoms with van der Waals surface area (Å²) in [5, 5.41) is 0. The maximum Gasteiger partial charge on any atom is 0.137 e. The van der Waals surface area contributed by atoms with Crippen molar-refractivity contribution in [3.05, 3.63) is 67.8 Å². The smallest absolute Gasteiger partial charge is 0.137 e. The summed E-state index contributed by atoms with van der Waals surface area (Å²) in [4.78, 5) is 4.72. The first-order valence-corrected chi connectivity index (χ1v) is 8.91. The minimum Gasteiger partial charge on any atom is -0.358 e. The largest absolute Gasteiger partial charge is 0.358 e. The van der Waals surface area contributed by atoms with Gasteiger partial charge in [0.05, 0.1) is 11.4 Å². The Morgan fingerprint density at radius 2 is 1.32 bits per heavy atom. The summed E-state index contributed by atoms with van der Waals surface area (Å²) in [6.45, 7) is 14.2. The monoisotopic (exact) mass is 416 g/mol. The second kappa shape index (κ2) is 17.8. The molecule has 1 radical (unpaired) electrons. The number of rotatable bonds is 2. The van der Waals surface area contributed by atoms with Crippen molar-refractivity contribution in [2.45, 2.75) is 54.9 Å². The molecule has 0 aliphatic heterocycles. The molecule has 25 heavy (non-hydrogen) atoms. The summed E-state index contributed by atoms with van der Waals surface area (Å²) in [5.74, 6) is 0. The number of aryl methyl sites for hydroxylation is 1. The fourth-order valence-electron chi connectivity index (χ4n) is 2.21. The van der Waals surface area contributed by atoms with E-state index in [4.69, 9.17) is 4.98 Å². The Morgan fingerprint density at radius 1 is 0.800 bits per heavy atom. The van der Waals surface area contributed by atoms with Gasteiger partial charge in [-0.1, -0.05) is 84.9 Å². The Bertz CT molecular complexity index is 645. The van der Waals surface area contributed by atoms with Crippen LogP contribution >= 0.6 is 0 Å². The van der Waals surface area contributed by atoms with Crippen LogP contribution in [0.1, 0.15) is 54.2 Å². The first kappa shape index (κ1) is 28.8. The fraction of sp³-hybridized carbons (Fsp3) is 0.364. The Labute approximate surface area is 181 Å². The van der Waals surface area contributed by atoms with Crippen LogP contribution in [0.4, 0.5) is 0 Å². The first-order chi connectivity index (χ1) is 11.4. The molecule has 2 aromatic heterocycles. The number of imidazole rings is 1. The Balaban J connectivity index is -0.000000551. The minimum atomic E-state index is 0.